The third-order valence-electron chi connectivity index (χ3n) is 4.82. The van der Waals surface area contributed by atoms with Gasteiger partial charge in [0.1, 0.15) is 4.88 Å². The summed E-state index contributed by atoms with van der Waals surface area (Å²) in [5.74, 6) is -3.37. The second-order valence-corrected chi connectivity index (χ2v) is 11.1. The lowest BCUT2D eigenvalue weighted by molar-refractivity contribution is 0.00496. The van der Waals surface area contributed by atoms with Gasteiger partial charge >= 0.3 is 0 Å². The topological polar surface area (TPSA) is 75.7 Å². The van der Waals surface area contributed by atoms with Crippen LogP contribution < -0.4 is 10.2 Å². The highest BCUT2D eigenvalue weighted by Crippen LogP contribution is 2.46. The second-order valence-electron chi connectivity index (χ2n) is 7.17. The number of aryl methyl sites for hydroxylation is 1. The number of hydrogen-bond acceptors (Lipinski definition) is 6. The van der Waals surface area contributed by atoms with Crippen LogP contribution in [-0.2, 0) is 20.7 Å². The summed E-state index contributed by atoms with van der Waals surface area (Å²) in [6.07, 6.45) is -0.438. The number of carbonyl (C=O) groups is 1. The van der Waals surface area contributed by atoms with Gasteiger partial charge in [-0.05, 0) is 35.0 Å². The minimum absolute atomic E-state index is 0.00196. The second kappa shape index (κ2) is 7.29. The summed E-state index contributed by atoms with van der Waals surface area (Å²) in [5, 5.41) is 2.70. The van der Waals surface area contributed by atoms with Crippen molar-refractivity contribution in [2.24, 2.45) is 0 Å². The Bertz CT molecular complexity index is 1070. The van der Waals surface area contributed by atoms with E-state index in [2.05, 4.69) is 21.2 Å². The van der Waals surface area contributed by atoms with Gasteiger partial charge in [0, 0.05) is 18.5 Å². The van der Waals surface area contributed by atoms with Crippen LogP contribution >= 0.6 is 27.3 Å². The predicted molar refractivity (Wildman–Crippen MR) is 108 cm³/mol. The number of nitrogens with zero attached hydrogens (tertiary/aromatic N) is 1. The molecule has 0 fully saturated rings. The van der Waals surface area contributed by atoms with E-state index in [0.717, 1.165) is 16.9 Å². The molecule has 156 valence electrons. The summed E-state index contributed by atoms with van der Waals surface area (Å²) in [6, 6.07) is 5.40. The van der Waals surface area contributed by atoms with E-state index in [0.29, 0.717) is 19.9 Å². The number of halogens is 3. The van der Waals surface area contributed by atoms with Gasteiger partial charge in [-0.15, -0.1) is 11.3 Å². The maximum Gasteiger partial charge on any atom is 0.297 e. The molecule has 1 amide bonds. The lowest BCUT2D eigenvalue weighted by atomic mass is 10.0. The maximum absolute atomic E-state index is 14.2. The Morgan fingerprint density at radius 2 is 2.03 bits per heavy atom. The highest BCUT2D eigenvalue weighted by Gasteiger charge is 2.44. The molecular formula is C18H17BrF2N2O4S2. The SMILES string of the molecule is Cc1ccc(S(=O)(=O)OC[C@H]2CN3CC(F)(F)Cc4c(Br)sc(c43)C(=O)N2)cc1. The normalized spacial score (nSPS) is 20.8. The molecule has 0 saturated heterocycles. The Kier molecular flexibility index (Phi) is 5.21. The Morgan fingerprint density at radius 3 is 2.72 bits per heavy atom. The Morgan fingerprint density at radius 1 is 1.34 bits per heavy atom. The summed E-state index contributed by atoms with van der Waals surface area (Å²) in [7, 11) is -4.03. The minimum Gasteiger partial charge on any atom is -0.362 e. The van der Waals surface area contributed by atoms with Crippen molar-refractivity contribution >= 4 is 49.0 Å². The zero-order chi connectivity index (χ0) is 21.0. The number of hydrogen-bond donors (Lipinski definition) is 1. The van der Waals surface area contributed by atoms with Crippen molar-refractivity contribution < 1.29 is 26.2 Å². The lowest BCUT2D eigenvalue weighted by Gasteiger charge is -2.35. The summed E-state index contributed by atoms with van der Waals surface area (Å²) in [4.78, 5) is 14.4. The molecular weight excluding hydrogens is 490 g/mol. The standard InChI is InChI=1S/C18H17BrF2N2O4S2/c1-10-2-4-12(5-3-10)29(25,26)27-8-11-7-23-9-18(20,21)6-13-14(23)15(17(24)22-11)28-16(13)19/h2-5,11H,6-9H2,1H3,(H,22,24)/t11-/m1/s1. The van der Waals surface area contributed by atoms with Crippen LogP contribution in [0.2, 0.25) is 0 Å². The van der Waals surface area contributed by atoms with E-state index in [1.807, 2.05) is 6.92 Å². The average molecular weight is 507 g/mol. The molecule has 0 saturated carbocycles. The van der Waals surface area contributed by atoms with E-state index >= 15 is 0 Å². The van der Waals surface area contributed by atoms with Gasteiger partial charge in [-0.3, -0.25) is 8.98 Å². The predicted octanol–water partition coefficient (Wildman–Crippen LogP) is 3.33. The quantitative estimate of drug-likeness (QED) is 0.643. The average Bonchev–Trinajstić information content (AvgIpc) is 2.89. The molecule has 3 heterocycles. The summed E-state index contributed by atoms with van der Waals surface area (Å²) in [5.41, 5.74) is 1.80. The summed E-state index contributed by atoms with van der Waals surface area (Å²) in [6.45, 7) is 0.966. The molecule has 1 atom stereocenters. The number of alkyl halides is 2. The van der Waals surface area contributed by atoms with Crippen LogP contribution in [0.15, 0.2) is 32.9 Å². The number of amides is 1. The van der Waals surface area contributed by atoms with Crippen molar-refractivity contribution in [1.82, 2.24) is 5.32 Å². The summed E-state index contributed by atoms with van der Waals surface area (Å²) < 4.78 is 58.9. The first-order valence-corrected chi connectivity index (χ1v) is 11.8. The van der Waals surface area contributed by atoms with E-state index in [1.54, 1.807) is 12.1 Å². The molecule has 2 aliphatic heterocycles. The molecule has 29 heavy (non-hydrogen) atoms. The van der Waals surface area contributed by atoms with Gasteiger partial charge in [0.15, 0.2) is 0 Å². The van der Waals surface area contributed by atoms with Gasteiger partial charge < -0.3 is 10.2 Å². The van der Waals surface area contributed by atoms with E-state index in [1.165, 1.54) is 17.0 Å². The number of carbonyl (C=O) groups excluding carboxylic acids is 1. The number of benzene rings is 1. The zero-order valence-corrected chi connectivity index (χ0v) is 18.5. The molecule has 2 aromatic rings. The molecule has 4 rings (SSSR count). The van der Waals surface area contributed by atoms with Crippen LogP contribution in [-0.4, -0.2) is 46.0 Å². The molecule has 0 aliphatic carbocycles. The highest BCUT2D eigenvalue weighted by molar-refractivity contribution is 9.11. The largest absolute Gasteiger partial charge is 0.362 e. The molecule has 1 aromatic heterocycles. The van der Waals surface area contributed by atoms with Crippen LogP contribution in [0, 0.1) is 6.92 Å². The fourth-order valence-corrected chi connectivity index (χ4v) is 6.24. The van der Waals surface area contributed by atoms with Crippen molar-refractivity contribution in [3.05, 3.63) is 44.1 Å². The molecule has 1 N–H and O–H groups in total. The third kappa shape index (κ3) is 4.05. The van der Waals surface area contributed by atoms with Crippen LogP contribution in [0.3, 0.4) is 0 Å². The first-order valence-electron chi connectivity index (χ1n) is 8.77. The fraction of sp³-hybridized carbons (Fsp3) is 0.389. The molecule has 1 aromatic carbocycles. The number of thiophene rings is 1. The number of rotatable bonds is 4. The highest BCUT2D eigenvalue weighted by atomic mass is 79.9. The van der Waals surface area contributed by atoms with Crippen molar-refractivity contribution in [1.29, 1.82) is 0 Å². The molecule has 0 radical (unpaired) electrons. The smallest absolute Gasteiger partial charge is 0.297 e. The van der Waals surface area contributed by atoms with Gasteiger partial charge in [-0.2, -0.15) is 8.42 Å². The van der Waals surface area contributed by atoms with Crippen molar-refractivity contribution in [2.45, 2.75) is 30.2 Å². The monoisotopic (exact) mass is 506 g/mol. The van der Waals surface area contributed by atoms with Crippen LogP contribution in [0.1, 0.15) is 20.8 Å². The third-order valence-corrected chi connectivity index (χ3v) is 8.09. The van der Waals surface area contributed by atoms with E-state index in [4.69, 9.17) is 4.18 Å². The zero-order valence-electron chi connectivity index (χ0n) is 15.2. The molecule has 11 heteroatoms. The van der Waals surface area contributed by atoms with Gasteiger partial charge in [0.2, 0.25) is 0 Å². The van der Waals surface area contributed by atoms with E-state index in [-0.39, 0.29) is 18.0 Å². The van der Waals surface area contributed by atoms with Crippen molar-refractivity contribution in [2.75, 3.05) is 24.6 Å². The Hall–Kier alpha value is -1.56. The summed E-state index contributed by atoms with van der Waals surface area (Å²) >= 11 is 4.38. The van der Waals surface area contributed by atoms with Crippen molar-refractivity contribution in [3.8, 4) is 0 Å². The molecule has 2 aliphatic rings. The first kappa shape index (κ1) is 20.7. The van der Waals surface area contributed by atoms with Gasteiger partial charge in [-0.25, -0.2) is 8.78 Å². The minimum atomic E-state index is -4.03. The maximum atomic E-state index is 14.2. The molecule has 0 spiro atoms. The number of anilines is 1. The van der Waals surface area contributed by atoms with Crippen LogP contribution in [0.25, 0.3) is 0 Å². The first-order chi connectivity index (χ1) is 13.6. The Labute approximate surface area is 179 Å². The number of nitrogens with one attached hydrogen (secondary N) is 1. The van der Waals surface area contributed by atoms with Crippen molar-refractivity contribution in [3.63, 3.8) is 0 Å². The fourth-order valence-electron chi connectivity index (χ4n) is 3.50. The Balaban J connectivity index is 1.55. The molecule has 0 unspecified atom stereocenters. The van der Waals surface area contributed by atoms with E-state index < -0.39 is 41.0 Å². The lowest BCUT2D eigenvalue weighted by Crippen LogP contribution is -2.49. The van der Waals surface area contributed by atoms with Gasteiger partial charge in [0.25, 0.3) is 21.9 Å². The van der Waals surface area contributed by atoms with Gasteiger partial charge in [0.05, 0.1) is 33.6 Å². The van der Waals surface area contributed by atoms with Gasteiger partial charge in [-0.1, -0.05) is 17.7 Å². The molecule has 0 bridgehead atoms. The van der Waals surface area contributed by atoms with E-state index in [9.17, 15) is 22.0 Å². The molecule has 6 nitrogen and oxygen atoms in total. The van der Waals surface area contributed by atoms with Crippen LogP contribution in [0.5, 0.6) is 0 Å². The van der Waals surface area contributed by atoms with Crippen LogP contribution in [0.4, 0.5) is 14.5 Å².